The highest BCUT2D eigenvalue weighted by molar-refractivity contribution is 5.93. The van der Waals surface area contributed by atoms with Crippen molar-refractivity contribution in [2.24, 2.45) is 5.92 Å². The maximum absolute atomic E-state index is 12.1. The van der Waals surface area contributed by atoms with E-state index >= 15 is 0 Å². The third-order valence-corrected chi connectivity index (χ3v) is 3.17. The molecule has 1 amide bonds. The Labute approximate surface area is 122 Å². The summed E-state index contributed by atoms with van der Waals surface area (Å²) in [5.74, 6) is 0.623. The van der Waals surface area contributed by atoms with Crippen molar-refractivity contribution in [3.63, 3.8) is 0 Å². The van der Waals surface area contributed by atoms with Crippen LogP contribution in [0.15, 0.2) is 18.3 Å². The van der Waals surface area contributed by atoms with Gasteiger partial charge in [0, 0.05) is 24.5 Å². The lowest BCUT2D eigenvalue weighted by molar-refractivity contribution is 0.0933. The minimum atomic E-state index is -0.0956. The number of carbonyl (C=O) groups is 1. The predicted octanol–water partition coefficient (Wildman–Crippen LogP) is 3.46. The maximum Gasteiger partial charge on any atom is 0.270 e. The van der Waals surface area contributed by atoms with Gasteiger partial charge in [-0.15, -0.1) is 0 Å². The molecule has 0 saturated heterocycles. The normalized spacial score (nSPS) is 12.2. The van der Waals surface area contributed by atoms with E-state index in [0.29, 0.717) is 5.69 Å². The molecular formula is C16H27N3O. The Morgan fingerprint density at radius 2 is 2.05 bits per heavy atom. The zero-order chi connectivity index (χ0) is 15.0. The second-order valence-electron chi connectivity index (χ2n) is 5.66. The zero-order valence-corrected chi connectivity index (χ0v) is 13.1. The van der Waals surface area contributed by atoms with E-state index in [2.05, 4.69) is 29.5 Å². The van der Waals surface area contributed by atoms with E-state index in [0.717, 1.165) is 31.0 Å². The fraction of sp³-hybridized carbons (Fsp3) is 0.625. The molecule has 0 aliphatic rings. The van der Waals surface area contributed by atoms with E-state index in [9.17, 15) is 4.79 Å². The molecule has 4 nitrogen and oxygen atoms in total. The third-order valence-electron chi connectivity index (χ3n) is 3.17. The topological polar surface area (TPSA) is 54.0 Å². The molecule has 0 spiro atoms. The van der Waals surface area contributed by atoms with E-state index in [1.165, 1.54) is 6.42 Å². The second kappa shape index (κ2) is 8.56. The molecule has 1 aromatic rings. The second-order valence-corrected chi connectivity index (χ2v) is 5.66. The van der Waals surface area contributed by atoms with Crippen LogP contribution in [-0.2, 0) is 0 Å². The highest BCUT2D eigenvalue weighted by atomic mass is 16.1. The van der Waals surface area contributed by atoms with E-state index in [-0.39, 0.29) is 11.9 Å². The van der Waals surface area contributed by atoms with E-state index in [1.807, 2.05) is 19.9 Å². The molecule has 0 saturated carbocycles. The molecule has 0 aliphatic carbocycles. The number of anilines is 1. The van der Waals surface area contributed by atoms with Gasteiger partial charge in [-0.1, -0.05) is 26.7 Å². The van der Waals surface area contributed by atoms with Gasteiger partial charge in [-0.25, -0.2) is 0 Å². The van der Waals surface area contributed by atoms with Crippen molar-refractivity contribution in [3.05, 3.63) is 24.0 Å². The molecule has 112 valence electrons. The van der Waals surface area contributed by atoms with Gasteiger partial charge in [-0.3, -0.25) is 9.78 Å². The van der Waals surface area contributed by atoms with Crippen molar-refractivity contribution in [2.45, 2.75) is 53.0 Å². The quantitative estimate of drug-likeness (QED) is 0.765. The first-order valence-electron chi connectivity index (χ1n) is 7.53. The van der Waals surface area contributed by atoms with E-state index in [1.54, 1.807) is 12.3 Å². The van der Waals surface area contributed by atoms with Gasteiger partial charge in [0.2, 0.25) is 0 Å². The monoisotopic (exact) mass is 277 g/mol. The molecule has 1 aromatic heterocycles. The summed E-state index contributed by atoms with van der Waals surface area (Å²) in [6, 6.07) is 3.84. The highest BCUT2D eigenvalue weighted by Crippen LogP contribution is 2.10. The van der Waals surface area contributed by atoms with Crippen LogP contribution in [0.2, 0.25) is 0 Å². The fourth-order valence-corrected chi connectivity index (χ4v) is 2.07. The number of carbonyl (C=O) groups excluding carboxylic acids is 1. The molecule has 0 radical (unpaired) electrons. The van der Waals surface area contributed by atoms with Crippen molar-refractivity contribution in [1.82, 2.24) is 10.3 Å². The smallest absolute Gasteiger partial charge is 0.270 e. The summed E-state index contributed by atoms with van der Waals surface area (Å²) >= 11 is 0. The van der Waals surface area contributed by atoms with Gasteiger partial charge in [0.15, 0.2) is 0 Å². The summed E-state index contributed by atoms with van der Waals surface area (Å²) in [5, 5.41) is 6.19. The summed E-state index contributed by atoms with van der Waals surface area (Å²) in [6.07, 6.45) is 5.02. The zero-order valence-electron chi connectivity index (χ0n) is 13.1. The van der Waals surface area contributed by atoms with Gasteiger partial charge < -0.3 is 10.6 Å². The Kier molecular flexibility index (Phi) is 7.05. The van der Waals surface area contributed by atoms with E-state index < -0.39 is 0 Å². The fourth-order valence-electron chi connectivity index (χ4n) is 2.07. The van der Waals surface area contributed by atoms with Gasteiger partial charge in [-0.05, 0) is 38.3 Å². The van der Waals surface area contributed by atoms with Crippen LogP contribution in [0.5, 0.6) is 0 Å². The van der Waals surface area contributed by atoms with Crippen molar-refractivity contribution in [3.8, 4) is 0 Å². The van der Waals surface area contributed by atoms with Crippen molar-refractivity contribution < 1.29 is 4.79 Å². The Hall–Kier alpha value is -1.58. The van der Waals surface area contributed by atoms with Gasteiger partial charge in [0.1, 0.15) is 5.69 Å². The molecule has 1 unspecified atom stereocenters. The molecule has 1 atom stereocenters. The highest BCUT2D eigenvalue weighted by Gasteiger charge is 2.11. The minimum Gasteiger partial charge on any atom is -0.385 e. The lowest BCUT2D eigenvalue weighted by Gasteiger charge is -2.14. The lowest BCUT2D eigenvalue weighted by Crippen LogP contribution is -2.33. The predicted molar refractivity (Wildman–Crippen MR) is 84.0 cm³/mol. The first-order valence-corrected chi connectivity index (χ1v) is 7.53. The van der Waals surface area contributed by atoms with Crippen LogP contribution in [0.4, 0.5) is 5.69 Å². The van der Waals surface area contributed by atoms with Crippen molar-refractivity contribution in [1.29, 1.82) is 0 Å². The summed E-state index contributed by atoms with van der Waals surface area (Å²) in [4.78, 5) is 16.2. The molecule has 0 aromatic carbocycles. The molecule has 1 heterocycles. The van der Waals surface area contributed by atoms with Gasteiger partial charge >= 0.3 is 0 Å². The number of hydrogen-bond acceptors (Lipinski definition) is 3. The SMILES string of the molecule is CCNc1ccnc(C(=O)NC(C)CCCC(C)C)c1. The summed E-state index contributed by atoms with van der Waals surface area (Å²) in [6.45, 7) is 9.35. The van der Waals surface area contributed by atoms with Crippen LogP contribution < -0.4 is 10.6 Å². The summed E-state index contributed by atoms with van der Waals surface area (Å²) in [7, 11) is 0. The molecular weight excluding hydrogens is 250 g/mol. The lowest BCUT2D eigenvalue weighted by atomic mass is 10.0. The number of nitrogens with zero attached hydrogens (tertiary/aromatic N) is 1. The number of amides is 1. The Bertz CT molecular complexity index is 418. The molecule has 0 fully saturated rings. The van der Waals surface area contributed by atoms with Crippen LogP contribution in [-0.4, -0.2) is 23.5 Å². The van der Waals surface area contributed by atoms with Crippen LogP contribution >= 0.6 is 0 Å². The van der Waals surface area contributed by atoms with Gasteiger partial charge in [0.05, 0.1) is 0 Å². The van der Waals surface area contributed by atoms with Gasteiger partial charge in [0.25, 0.3) is 5.91 Å². The molecule has 0 bridgehead atoms. The number of pyridine rings is 1. The molecule has 20 heavy (non-hydrogen) atoms. The Morgan fingerprint density at radius 1 is 1.30 bits per heavy atom. The minimum absolute atomic E-state index is 0.0956. The first kappa shape index (κ1) is 16.5. The Balaban J connectivity index is 2.47. The van der Waals surface area contributed by atoms with Gasteiger partial charge in [-0.2, -0.15) is 0 Å². The maximum atomic E-state index is 12.1. The average Bonchev–Trinajstić information content (AvgIpc) is 2.39. The average molecular weight is 277 g/mol. The summed E-state index contributed by atoms with van der Waals surface area (Å²) in [5.41, 5.74) is 1.40. The Morgan fingerprint density at radius 3 is 2.70 bits per heavy atom. The molecule has 1 rings (SSSR count). The molecule has 0 aliphatic heterocycles. The van der Waals surface area contributed by atoms with Crippen molar-refractivity contribution >= 4 is 11.6 Å². The molecule has 2 N–H and O–H groups in total. The number of aromatic nitrogens is 1. The summed E-state index contributed by atoms with van der Waals surface area (Å²) < 4.78 is 0. The van der Waals surface area contributed by atoms with Crippen LogP contribution in [0, 0.1) is 5.92 Å². The number of nitrogens with one attached hydrogen (secondary N) is 2. The van der Waals surface area contributed by atoms with Crippen LogP contribution in [0.1, 0.15) is 57.4 Å². The third kappa shape index (κ3) is 6.04. The van der Waals surface area contributed by atoms with Crippen molar-refractivity contribution in [2.75, 3.05) is 11.9 Å². The molecule has 4 heteroatoms. The standard InChI is InChI=1S/C16H27N3O/c1-5-17-14-9-10-18-15(11-14)16(20)19-13(4)8-6-7-12(2)3/h9-13H,5-8H2,1-4H3,(H,17,18)(H,19,20). The van der Waals surface area contributed by atoms with Crippen LogP contribution in [0.3, 0.4) is 0 Å². The van der Waals surface area contributed by atoms with E-state index in [4.69, 9.17) is 0 Å². The van der Waals surface area contributed by atoms with Crippen LogP contribution in [0.25, 0.3) is 0 Å². The first-order chi connectivity index (χ1) is 9.52. The number of rotatable bonds is 8. The largest absolute Gasteiger partial charge is 0.385 e. The number of hydrogen-bond donors (Lipinski definition) is 2.